The van der Waals surface area contributed by atoms with Gasteiger partial charge in [-0.25, -0.2) is 8.78 Å². The zero-order valence-corrected chi connectivity index (χ0v) is 16.3. The highest BCUT2D eigenvalue weighted by atomic mass is 19.1. The van der Waals surface area contributed by atoms with Gasteiger partial charge in [0.05, 0.1) is 11.3 Å². The van der Waals surface area contributed by atoms with Gasteiger partial charge in [-0.3, -0.25) is 19.6 Å². The van der Waals surface area contributed by atoms with Gasteiger partial charge in [-0.05, 0) is 43.4 Å². The van der Waals surface area contributed by atoms with Crippen molar-refractivity contribution in [2.75, 3.05) is 13.1 Å². The maximum Gasteiger partial charge on any atom is 0.257 e. The second-order valence-corrected chi connectivity index (χ2v) is 7.41. The number of hydrogen-bond acceptors (Lipinski definition) is 4. The first-order chi connectivity index (χ1) is 13.9. The number of hydrogen-bond donors (Lipinski definition) is 1. The van der Waals surface area contributed by atoms with Crippen LogP contribution >= 0.6 is 0 Å². The van der Waals surface area contributed by atoms with E-state index in [0.717, 1.165) is 30.3 Å². The summed E-state index contributed by atoms with van der Waals surface area (Å²) in [7, 11) is 0. The Labute approximate surface area is 168 Å². The lowest BCUT2D eigenvalue weighted by Gasteiger charge is -2.38. The van der Waals surface area contributed by atoms with Gasteiger partial charge in [0, 0.05) is 44.1 Å². The number of aryl methyl sites for hydroxylation is 1. The molecule has 0 saturated carbocycles. The molecule has 1 aliphatic heterocycles. The average Bonchev–Trinajstić information content (AvgIpc) is 2.73. The predicted molar refractivity (Wildman–Crippen MR) is 103 cm³/mol. The highest BCUT2D eigenvalue weighted by molar-refractivity contribution is 5.94. The molecule has 1 fully saturated rings. The molecule has 29 heavy (non-hydrogen) atoms. The molecule has 8 heteroatoms. The number of nitrogens with zero attached hydrogens (tertiary/aromatic N) is 3. The van der Waals surface area contributed by atoms with Gasteiger partial charge in [0.15, 0.2) is 0 Å². The summed E-state index contributed by atoms with van der Waals surface area (Å²) in [6.45, 7) is 2.79. The van der Waals surface area contributed by atoms with Crippen LogP contribution in [0, 0.1) is 17.6 Å². The minimum absolute atomic E-state index is 0.154. The van der Waals surface area contributed by atoms with Crippen LogP contribution in [0.1, 0.15) is 42.2 Å². The van der Waals surface area contributed by atoms with Crippen molar-refractivity contribution in [3.8, 4) is 0 Å². The molecule has 2 aromatic rings. The quantitative estimate of drug-likeness (QED) is 0.806. The largest absolute Gasteiger partial charge is 0.354 e. The molecule has 0 bridgehead atoms. The van der Waals surface area contributed by atoms with Crippen LogP contribution in [0.4, 0.5) is 8.78 Å². The van der Waals surface area contributed by atoms with Crippen molar-refractivity contribution in [1.82, 2.24) is 20.2 Å². The summed E-state index contributed by atoms with van der Waals surface area (Å²) in [5.74, 6) is -1.74. The molecular formula is C21H24F2N4O2. The Hall–Kier alpha value is -2.90. The van der Waals surface area contributed by atoms with E-state index in [4.69, 9.17) is 0 Å². The number of rotatable bonds is 6. The number of likely N-dealkylation sites (tertiary alicyclic amines) is 1. The standard InChI is InChI=1S/C21H24F2N4O2/c1-14-6-9-27(21(29)18-11-15(22)2-4-19(18)23)17(10-14)13-26-20(28)5-3-16-12-24-7-8-25-16/h2,4,7-8,11-12,14,17H,3,5-6,9-10,13H2,1H3,(H,26,28)/t14-,17+/m1/s1. The van der Waals surface area contributed by atoms with Gasteiger partial charge in [-0.1, -0.05) is 6.92 Å². The molecule has 1 N–H and O–H groups in total. The van der Waals surface area contributed by atoms with Gasteiger partial charge >= 0.3 is 0 Å². The number of aromatic nitrogens is 2. The molecule has 1 aromatic carbocycles. The maximum atomic E-state index is 14.1. The summed E-state index contributed by atoms with van der Waals surface area (Å²) in [5, 5.41) is 2.86. The van der Waals surface area contributed by atoms with Crippen molar-refractivity contribution in [3.63, 3.8) is 0 Å². The first-order valence-electron chi connectivity index (χ1n) is 9.71. The Balaban J connectivity index is 1.61. The zero-order valence-electron chi connectivity index (χ0n) is 16.3. The highest BCUT2D eigenvalue weighted by Crippen LogP contribution is 2.25. The van der Waals surface area contributed by atoms with Gasteiger partial charge in [-0.15, -0.1) is 0 Å². The number of carbonyl (C=O) groups is 2. The third-order valence-electron chi connectivity index (χ3n) is 5.16. The molecule has 2 atom stereocenters. The first-order valence-corrected chi connectivity index (χ1v) is 9.71. The van der Waals surface area contributed by atoms with Crippen molar-refractivity contribution in [3.05, 3.63) is 59.7 Å². The van der Waals surface area contributed by atoms with Crippen LogP contribution in [0.2, 0.25) is 0 Å². The molecule has 1 aromatic heterocycles. The molecule has 1 saturated heterocycles. The van der Waals surface area contributed by atoms with Crippen molar-refractivity contribution in [2.24, 2.45) is 5.92 Å². The fraction of sp³-hybridized carbons (Fsp3) is 0.429. The van der Waals surface area contributed by atoms with Gasteiger partial charge in [0.25, 0.3) is 5.91 Å². The maximum absolute atomic E-state index is 14.1. The van der Waals surface area contributed by atoms with Gasteiger partial charge < -0.3 is 10.2 Å². The van der Waals surface area contributed by atoms with Crippen LogP contribution < -0.4 is 5.32 Å². The van der Waals surface area contributed by atoms with Crippen molar-refractivity contribution in [1.29, 1.82) is 0 Å². The molecule has 2 heterocycles. The lowest BCUT2D eigenvalue weighted by Crippen LogP contribution is -2.51. The van der Waals surface area contributed by atoms with E-state index in [9.17, 15) is 18.4 Å². The Bertz CT molecular complexity index is 863. The number of nitrogens with one attached hydrogen (secondary N) is 1. The number of amides is 2. The monoisotopic (exact) mass is 402 g/mol. The Morgan fingerprint density at radius 2 is 2.10 bits per heavy atom. The summed E-state index contributed by atoms with van der Waals surface area (Å²) in [6.07, 6.45) is 6.95. The molecule has 2 amide bonds. The summed E-state index contributed by atoms with van der Waals surface area (Å²) in [6, 6.07) is 2.60. The summed E-state index contributed by atoms with van der Waals surface area (Å²) in [5.41, 5.74) is 0.450. The van der Waals surface area contributed by atoms with Crippen LogP contribution in [0.15, 0.2) is 36.8 Å². The van der Waals surface area contributed by atoms with E-state index in [0.29, 0.717) is 25.3 Å². The molecule has 0 aliphatic carbocycles. The van der Waals surface area contributed by atoms with E-state index < -0.39 is 17.5 Å². The molecule has 3 rings (SSSR count). The van der Waals surface area contributed by atoms with Gasteiger partial charge in [0.2, 0.25) is 5.91 Å². The second-order valence-electron chi connectivity index (χ2n) is 7.41. The van der Waals surface area contributed by atoms with Crippen molar-refractivity contribution in [2.45, 2.75) is 38.6 Å². The van der Waals surface area contributed by atoms with E-state index in [2.05, 4.69) is 22.2 Å². The highest BCUT2D eigenvalue weighted by Gasteiger charge is 2.32. The smallest absolute Gasteiger partial charge is 0.257 e. The van der Waals surface area contributed by atoms with Crippen LogP contribution in [-0.2, 0) is 11.2 Å². The van der Waals surface area contributed by atoms with E-state index >= 15 is 0 Å². The molecule has 6 nitrogen and oxygen atoms in total. The zero-order chi connectivity index (χ0) is 20.8. The number of benzene rings is 1. The lowest BCUT2D eigenvalue weighted by atomic mass is 9.91. The Kier molecular flexibility index (Phi) is 6.85. The molecule has 154 valence electrons. The molecule has 1 aliphatic rings. The van der Waals surface area contributed by atoms with E-state index in [1.807, 2.05) is 0 Å². The van der Waals surface area contributed by atoms with Gasteiger partial charge in [0.1, 0.15) is 11.6 Å². The average molecular weight is 402 g/mol. The Morgan fingerprint density at radius 3 is 2.86 bits per heavy atom. The minimum Gasteiger partial charge on any atom is -0.354 e. The number of carbonyl (C=O) groups excluding carboxylic acids is 2. The molecule has 0 unspecified atom stereocenters. The fourth-order valence-electron chi connectivity index (χ4n) is 3.55. The molecular weight excluding hydrogens is 378 g/mol. The summed E-state index contributed by atoms with van der Waals surface area (Å²) >= 11 is 0. The third-order valence-corrected chi connectivity index (χ3v) is 5.16. The first kappa shape index (κ1) is 20.8. The predicted octanol–water partition coefficient (Wildman–Crippen LogP) is 2.74. The lowest BCUT2D eigenvalue weighted by molar-refractivity contribution is -0.121. The van der Waals surface area contributed by atoms with E-state index in [1.54, 1.807) is 23.5 Å². The van der Waals surface area contributed by atoms with Crippen LogP contribution in [-0.4, -0.2) is 45.8 Å². The van der Waals surface area contributed by atoms with Crippen LogP contribution in [0.25, 0.3) is 0 Å². The minimum atomic E-state index is -0.748. The van der Waals surface area contributed by atoms with Gasteiger partial charge in [-0.2, -0.15) is 0 Å². The Morgan fingerprint density at radius 1 is 1.28 bits per heavy atom. The van der Waals surface area contributed by atoms with Crippen LogP contribution in [0.5, 0.6) is 0 Å². The number of piperidine rings is 1. The summed E-state index contributed by atoms with van der Waals surface area (Å²) < 4.78 is 27.6. The summed E-state index contributed by atoms with van der Waals surface area (Å²) in [4.78, 5) is 34.7. The molecule has 0 spiro atoms. The normalized spacial score (nSPS) is 19.1. The van der Waals surface area contributed by atoms with Crippen molar-refractivity contribution < 1.29 is 18.4 Å². The van der Waals surface area contributed by atoms with E-state index in [-0.39, 0.29) is 30.5 Å². The SMILES string of the molecule is C[C@@H]1CCN(C(=O)c2cc(F)ccc2F)[C@H](CNC(=O)CCc2cnccn2)C1. The number of halogens is 2. The van der Waals surface area contributed by atoms with Crippen molar-refractivity contribution >= 4 is 11.8 Å². The van der Waals surface area contributed by atoms with E-state index in [1.165, 1.54) is 0 Å². The van der Waals surface area contributed by atoms with Crippen LogP contribution in [0.3, 0.4) is 0 Å². The second kappa shape index (κ2) is 9.54. The topological polar surface area (TPSA) is 75.2 Å². The molecule has 0 radical (unpaired) electrons. The fourth-order valence-corrected chi connectivity index (χ4v) is 3.55. The third kappa shape index (κ3) is 5.56.